The van der Waals surface area contributed by atoms with Gasteiger partial charge in [-0.15, -0.1) is 0 Å². The molecule has 2 aliphatic rings. The van der Waals surface area contributed by atoms with Crippen LogP contribution in [0, 0.1) is 10.1 Å². The van der Waals surface area contributed by atoms with Gasteiger partial charge in [-0.2, -0.15) is 0 Å². The molecule has 6 heteroatoms. The number of anilines is 1. The van der Waals surface area contributed by atoms with E-state index in [0.717, 1.165) is 31.4 Å². The van der Waals surface area contributed by atoms with Gasteiger partial charge in [0.2, 0.25) is 5.15 Å². The van der Waals surface area contributed by atoms with Crippen molar-refractivity contribution in [1.82, 2.24) is 4.98 Å². The monoisotopic (exact) mass is 253 g/mol. The first-order valence-corrected chi connectivity index (χ1v) is 6.14. The normalized spacial score (nSPS) is 19.1. The molecular formula is C11H12ClN3O2. The van der Waals surface area contributed by atoms with E-state index in [1.807, 2.05) is 0 Å². The predicted octanol–water partition coefficient (Wildman–Crippen LogP) is 3.09. The Morgan fingerprint density at radius 3 is 2.65 bits per heavy atom. The molecule has 0 unspecified atom stereocenters. The van der Waals surface area contributed by atoms with Crippen LogP contribution in [0.3, 0.4) is 0 Å². The largest absolute Gasteiger partial charge is 0.377 e. The van der Waals surface area contributed by atoms with E-state index in [1.165, 1.54) is 0 Å². The van der Waals surface area contributed by atoms with Gasteiger partial charge in [0.15, 0.2) is 0 Å². The fourth-order valence-corrected chi connectivity index (χ4v) is 2.11. The molecule has 2 saturated carbocycles. The standard InChI is InChI=1S/C11H12ClN3O2/c12-11-10(15(16)17)9(13-7-3-4-7)5-8(14-11)6-1-2-6/h5-7H,1-4H2,(H,13,14). The molecule has 0 saturated heterocycles. The maximum atomic E-state index is 11.0. The van der Waals surface area contributed by atoms with Crippen LogP contribution in [0.4, 0.5) is 11.4 Å². The van der Waals surface area contributed by atoms with Gasteiger partial charge in [0.25, 0.3) is 0 Å². The summed E-state index contributed by atoms with van der Waals surface area (Å²) in [6, 6.07) is 2.15. The molecule has 0 aliphatic heterocycles. The Bertz CT molecular complexity index is 484. The molecule has 1 aromatic heterocycles. The minimum atomic E-state index is -0.462. The van der Waals surface area contributed by atoms with Crippen LogP contribution in [0.5, 0.6) is 0 Å². The summed E-state index contributed by atoms with van der Waals surface area (Å²) in [4.78, 5) is 14.6. The van der Waals surface area contributed by atoms with Gasteiger partial charge in [0.05, 0.1) is 4.92 Å². The Hall–Kier alpha value is -1.36. The molecule has 0 atom stereocenters. The fourth-order valence-electron chi connectivity index (χ4n) is 1.85. The molecule has 0 radical (unpaired) electrons. The van der Waals surface area contributed by atoms with E-state index in [4.69, 9.17) is 11.6 Å². The molecule has 1 heterocycles. The number of nitrogens with zero attached hydrogens (tertiary/aromatic N) is 2. The molecule has 1 aromatic rings. The quantitative estimate of drug-likeness (QED) is 0.509. The Balaban J connectivity index is 2.01. The van der Waals surface area contributed by atoms with Gasteiger partial charge in [-0.25, -0.2) is 4.98 Å². The number of pyridine rings is 1. The third-order valence-electron chi connectivity index (χ3n) is 3.09. The average Bonchev–Trinajstić information content (AvgIpc) is 3.12. The van der Waals surface area contributed by atoms with Gasteiger partial charge in [0, 0.05) is 17.7 Å². The second kappa shape index (κ2) is 3.84. The first kappa shape index (κ1) is 10.8. The van der Waals surface area contributed by atoms with Crippen LogP contribution in [0.1, 0.15) is 37.3 Å². The Labute approximate surface area is 103 Å². The molecule has 0 amide bonds. The zero-order chi connectivity index (χ0) is 12.0. The number of nitrogens with one attached hydrogen (secondary N) is 1. The van der Waals surface area contributed by atoms with E-state index in [2.05, 4.69) is 10.3 Å². The summed E-state index contributed by atoms with van der Waals surface area (Å²) in [7, 11) is 0. The molecular weight excluding hydrogens is 242 g/mol. The third-order valence-corrected chi connectivity index (χ3v) is 3.35. The van der Waals surface area contributed by atoms with E-state index < -0.39 is 4.92 Å². The number of aromatic nitrogens is 1. The number of hydrogen-bond acceptors (Lipinski definition) is 4. The second-order valence-corrected chi connectivity index (χ2v) is 5.04. The van der Waals surface area contributed by atoms with Crippen LogP contribution in [0.2, 0.25) is 5.15 Å². The average molecular weight is 254 g/mol. The molecule has 17 heavy (non-hydrogen) atoms. The summed E-state index contributed by atoms with van der Waals surface area (Å²) < 4.78 is 0. The van der Waals surface area contributed by atoms with Gasteiger partial charge in [-0.05, 0) is 31.7 Å². The zero-order valence-electron chi connectivity index (χ0n) is 9.15. The second-order valence-electron chi connectivity index (χ2n) is 4.68. The zero-order valence-corrected chi connectivity index (χ0v) is 9.91. The van der Waals surface area contributed by atoms with E-state index in [-0.39, 0.29) is 10.8 Å². The highest BCUT2D eigenvalue weighted by molar-refractivity contribution is 6.32. The van der Waals surface area contributed by atoms with Crippen molar-refractivity contribution in [2.75, 3.05) is 5.32 Å². The van der Waals surface area contributed by atoms with E-state index in [1.54, 1.807) is 6.07 Å². The molecule has 2 fully saturated rings. The molecule has 3 rings (SSSR count). The van der Waals surface area contributed by atoms with Gasteiger partial charge in [-0.3, -0.25) is 10.1 Å². The van der Waals surface area contributed by atoms with Crippen LogP contribution in [-0.4, -0.2) is 15.9 Å². The Kier molecular flexibility index (Phi) is 2.43. The Morgan fingerprint density at radius 1 is 1.41 bits per heavy atom. The SMILES string of the molecule is O=[N+]([O-])c1c(NC2CC2)cc(C2CC2)nc1Cl. The maximum Gasteiger partial charge on any atom is 0.329 e. The first-order chi connectivity index (χ1) is 8.15. The highest BCUT2D eigenvalue weighted by Gasteiger charge is 2.32. The smallest absolute Gasteiger partial charge is 0.329 e. The lowest BCUT2D eigenvalue weighted by molar-refractivity contribution is -0.384. The lowest BCUT2D eigenvalue weighted by Crippen LogP contribution is -2.06. The minimum Gasteiger partial charge on any atom is -0.377 e. The summed E-state index contributed by atoms with van der Waals surface area (Å²) >= 11 is 5.91. The summed E-state index contributed by atoms with van der Waals surface area (Å²) in [5.74, 6) is 0.438. The van der Waals surface area contributed by atoms with Gasteiger partial charge >= 0.3 is 5.69 Å². The third kappa shape index (κ3) is 2.20. The molecule has 0 bridgehead atoms. The highest BCUT2D eigenvalue weighted by Crippen LogP contribution is 2.43. The van der Waals surface area contributed by atoms with Crippen LogP contribution in [0.25, 0.3) is 0 Å². The van der Waals surface area contributed by atoms with Crippen molar-refractivity contribution in [1.29, 1.82) is 0 Å². The van der Waals surface area contributed by atoms with Gasteiger partial charge in [-0.1, -0.05) is 11.6 Å². The summed E-state index contributed by atoms with van der Waals surface area (Å²) in [5.41, 5.74) is 1.31. The van der Waals surface area contributed by atoms with Crippen molar-refractivity contribution in [2.24, 2.45) is 0 Å². The fraction of sp³-hybridized carbons (Fsp3) is 0.545. The lowest BCUT2D eigenvalue weighted by atomic mass is 10.2. The minimum absolute atomic E-state index is 0.00236. The summed E-state index contributed by atoms with van der Waals surface area (Å²) in [6.45, 7) is 0. The van der Waals surface area contributed by atoms with Gasteiger partial charge in [0.1, 0.15) is 5.69 Å². The van der Waals surface area contributed by atoms with Crippen LogP contribution < -0.4 is 5.32 Å². The number of halogens is 1. The van der Waals surface area contributed by atoms with Crippen molar-refractivity contribution >= 4 is 23.0 Å². The number of hydrogen-bond donors (Lipinski definition) is 1. The van der Waals surface area contributed by atoms with E-state index in [0.29, 0.717) is 17.6 Å². The molecule has 1 N–H and O–H groups in total. The molecule has 5 nitrogen and oxygen atoms in total. The maximum absolute atomic E-state index is 11.0. The first-order valence-electron chi connectivity index (χ1n) is 5.76. The highest BCUT2D eigenvalue weighted by atomic mass is 35.5. The summed E-state index contributed by atoms with van der Waals surface area (Å²) in [6.07, 6.45) is 4.33. The lowest BCUT2D eigenvalue weighted by Gasteiger charge is -2.08. The van der Waals surface area contributed by atoms with Crippen molar-refractivity contribution in [3.63, 3.8) is 0 Å². The van der Waals surface area contributed by atoms with Crippen molar-refractivity contribution in [3.8, 4) is 0 Å². The van der Waals surface area contributed by atoms with Crippen molar-refractivity contribution in [3.05, 3.63) is 27.0 Å². The van der Waals surface area contributed by atoms with Crippen LogP contribution >= 0.6 is 11.6 Å². The summed E-state index contributed by atoms with van der Waals surface area (Å²) in [5, 5.41) is 14.1. The van der Waals surface area contributed by atoms with Crippen LogP contribution in [0.15, 0.2) is 6.07 Å². The molecule has 0 spiro atoms. The topological polar surface area (TPSA) is 68.1 Å². The van der Waals surface area contributed by atoms with Crippen molar-refractivity contribution in [2.45, 2.75) is 37.6 Å². The number of rotatable bonds is 4. The Morgan fingerprint density at radius 2 is 2.12 bits per heavy atom. The molecule has 2 aliphatic carbocycles. The molecule has 0 aromatic carbocycles. The van der Waals surface area contributed by atoms with Crippen molar-refractivity contribution < 1.29 is 4.92 Å². The predicted molar refractivity (Wildman–Crippen MR) is 64.5 cm³/mol. The van der Waals surface area contributed by atoms with Gasteiger partial charge < -0.3 is 5.32 Å². The van der Waals surface area contributed by atoms with E-state index in [9.17, 15) is 10.1 Å². The van der Waals surface area contributed by atoms with Crippen LogP contribution in [-0.2, 0) is 0 Å². The van der Waals surface area contributed by atoms with E-state index >= 15 is 0 Å². The number of nitro groups is 1. The molecule has 90 valence electrons.